The molecule has 7 heteroatoms. The van der Waals surface area contributed by atoms with Gasteiger partial charge in [-0.15, -0.1) is 0 Å². The average molecular weight is 454 g/mol. The lowest BCUT2D eigenvalue weighted by Crippen LogP contribution is -2.26. The van der Waals surface area contributed by atoms with Crippen molar-refractivity contribution in [2.45, 2.75) is 31.2 Å². The van der Waals surface area contributed by atoms with E-state index in [0.717, 1.165) is 11.1 Å². The first-order valence-electron chi connectivity index (χ1n) is 10.3. The Kier molecular flexibility index (Phi) is 8.41. The number of hydrogen-bond donors (Lipinski definition) is 1. The van der Waals surface area contributed by atoms with Crippen LogP contribution in [0.3, 0.4) is 0 Å². The molecule has 0 saturated heterocycles. The summed E-state index contributed by atoms with van der Waals surface area (Å²) in [6.45, 7) is 4.02. The van der Waals surface area contributed by atoms with E-state index in [1.807, 2.05) is 73.7 Å². The Hall–Kier alpha value is -3.16. The van der Waals surface area contributed by atoms with Gasteiger partial charge in [-0.25, -0.2) is 8.93 Å². The maximum absolute atomic E-state index is 12.9. The molecule has 0 aliphatic carbocycles. The second-order valence-corrected chi connectivity index (χ2v) is 8.36. The highest BCUT2D eigenvalue weighted by Gasteiger charge is 2.20. The first-order valence-corrected chi connectivity index (χ1v) is 11.5. The van der Waals surface area contributed by atoms with Crippen LogP contribution in [0.15, 0.2) is 77.7 Å². The van der Waals surface area contributed by atoms with E-state index in [9.17, 15) is 9.00 Å². The molecule has 3 aromatic rings. The van der Waals surface area contributed by atoms with E-state index in [2.05, 4.69) is 4.72 Å². The van der Waals surface area contributed by atoms with Gasteiger partial charge < -0.3 is 14.2 Å². The summed E-state index contributed by atoms with van der Waals surface area (Å²) in [6.07, 6.45) is 0.0571. The molecule has 0 saturated carbocycles. The van der Waals surface area contributed by atoms with Crippen LogP contribution in [0.25, 0.3) is 0 Å². The summed E-state index contributed by atoms with van der Waals surface area (Å²) >= 11 is 0. The largest absolute Gasteiger partial charge is 0.497 e. The average Bonchev–Trinajstić information content (AvgIpc) is 2.80. The summed E-state index contributed by atoms with van der Waals surface area (Å²) in [7, 11) is 0.116. The van der Waals surface area contributed by atoms with Gasteiger partial charge in [-0.05, 0) is 55.8 Å². The molecule has 0 fully saturated rings. The molecule has 0 aliphatic rings. The molecule has 0 unspecified atom stereocenters. The Bertz CT molecular complexity index is 1050. The monoisotopic (exact) mass is 453 g/mol. The Morgan fingerprint density at radius 2 is 1.66 bits per heavy atom. The number of rotatable bonds is 10. The summed E-state index contributed by atoms with van der Waals surface area (Å²) in [5, 5.41) is 0. The van der Waals surface area contributed by atoms with Crippen LogP contribution in [-0.4, -0.2) is 23.9 Å². The molecular weight excluding hydrogens is 426 g/mol. The number of ether oxygens (including phenoxy) is 3. The number of methoxy groups -OCH3 is 1. The molecule has 6 nitrogen and oxygen atoms in total. The number of nitrogens with one attached hydrogen (secondary N) is 1. The minimum Gasteiger partial charge on any atom is -0.497 e. The van der Waals surface area contributed by atoms with E-state index < -0.39 is 17.0 Å². The fourth-order valence-corrected chi connectivity index (χ4v) is 4.04. The molecule has 168 valence electrons. The zero-order valence-electron chi connectivity index (χ0n) is 18.4. The van der Waals surface area contributed by atoms with E-state index >= 15 is 0 Å². The Morgan fingerprint density at radius 1 is 0.969 bits per heavy atom. The van der Waals surface area contributed by atoms with Crippen molar-refractivity contribution in [1.29, 1.82) is 0 Å². The third kappa shape index (κ3) is 6.67. The second kappa shape index (κ2) is 11.5. The third-order valence-corrected chi connectivity index (χ3v) is 5.92. The standard InChI is InChI=1S/C25H27NO5S/c1-4-30-25(27)17-24(26-32(28)23-14-8-18(2)9-15-23)19-10-12-20(13-11-19)31-22-7-5-6-21(16-22)29-3/h5-16,24,26H,4,17H2,1-3H3/t24-,32+/m0/s1. The van der Waals surface area contributed by atoms with Crippen LogP contribution in [-0.2, 0) is 20.5 Å². The van der Waals surface area contributed by atoms with Crippen LogP contribution in [0, 0.1) is 6.92 Å². The van der Waals surface area contributed by atoms with E-state index in [1.165, 1.54) is 0 Å². The summed E-state index contributed by atoms with van der Waals surface area (Å²) in [6, 6.07) is 21.6. The van der Waals surface area contributed by atoms with Gasteiger partial charge in [0.15, 0.2) is 0 Å². The van der Waals surface area contributed by atoms with Crippen LogP contribution >= 0.6 is 0 Å². The van der Waals surface area contributed by atoms with E-state index in [-0.39, 0.29) is 12.4 Å². The summed E-state index contributed by atoms with van der Waals surface area (Å²) in [5.74, 6) is 1.63. The van der Waals surface area contributed by atoms with E-state index in [4.69, 9.17) is 14.2 Å². The molecule has 0 radical (unpaired) electrons. The minimum absolute atomic E-state index is 0.0571. The van der Waals surface area contributed by atoms with Gasteiger partial charge in [0, 0.05) is 6.07 Å². The first kappa shape index (κ1) is 23.5. The van der Waals surface area contributed by atoms with E-state index in [0.29, 0.717) is 28.8 Å². The molecule has 1 N–H and O–H groups in total. The topological polar surface area (TPSA) is 73.9 Å². The zero-order chi connectivity index (χ0) is 22.9. The highest BCUT2D eigenvalue weighted by molar-refractivity contribution is 7.83. The predicted molar refractivity (Wildman–Crippen MR) is 124 cm³/mol. The molecule has 2 atom stereocenters. The molecule has 0 aliphatic heterocycles. The third-order valence-electron chi connectivity index (χ3n) is 4.72. The van der Waals surface area contributed by atoms with Gasteiger partial charge in [0.2, 0.25) is 0 Å². The number of esters is 1. The quantitative estimate of drug-likeness (QED) is 0.432. The number of benzene rings is 3. The van der Waals surface area contributed by atoms with Gasteiger partial charge in [0.1, 0.15) is 28.2 Å². The Labute approximate surface area is 191 Å². The number of aryl methyl sites for hydroxylation is 1. The van der Waals surface area contributed by atoms with Crippen LogP contribution in [0.5, 0.6) is 17.2 Å². The van der Waals surface area contributed by atoms with Gasteiger partial charge in [-0.1, -0.05) is 35.9 Å². The van der Waals surface area contributed by atoms with Crippen molar-refractivity contribution in [2.24, 2.45) is 0 Å². The molecular formula is C25H27NO5S. The van der Waals surface area contributed by atoms with Crippen molar-refractivity contribution in [3.05, 3.63) is 83.9 Å². The molecule has 0 bridgehead atoms. The lowest BCUT2D eigenvalue weighted by molar-refractivity contribution is -0.143. The maximum atomic E-state index is 12.9. The van der Waals surface area contributed by atoms with Gasteiger partial charge in [0.25, 0.3) is 0 Å². The van der Waals surface area contributed by atoms with E-state index in [1.54, 1.807) is 20.1 Å². The zero-order valence-corrected chi connectivity index (χ0v) is 19.2. The number of carbonyl (C=O) groups is 1. The fourth-order valence-electron chi connectivity index (χ4n) is 3.04. The molecule has 32 heavy (non-hydrogen) atoms. The van der Waals surface area contributed by atoms with Crippen LogP contribution in [0.2, 0.25) is 0 Å². The molecule has 3 rings (SSSR count). The summed E-state index contributed by atoms with van der Waals surface area (Å²) in [4.78, 5) is 12.8. The SMILES string of the molecule is CCOC(=O)C[C@H](N[S@](=O)c1ccc(C)cc1)c1ccc(Oc2cccc(OC)c2)cc1. The van der Waals surface area contributed by atoms with Crippen molar-refractivity contribution >= 4 is 17.0 Å². The lowest BCUT2D eigenvalue weighted by Gasteiger charge is -2.18. The van der Waals surface area contributed by atoms with Crippen molar-refractivity contribution < 1.29 is 23.2 Å². The van der Waals surface area contributed by atoms with Gasteiger partial charge in [0.05, 0.1) is 31.1 Å². The van der Waals surface area contributed by atoms with Crippen LogP contribution in [0.4, 0.5) is 0 Å². The molecule has 3 aromatic carbocycles. The molecule has 0 spiro atoms. The Morgan fingerprint density at radius 3 is 2.31 bits per heavy atom. The van der Waals surface area contributed by atoms with Crippen molar-refractivity contribution in [3.63, 3.8) is 0 Å². The molecule has 0 heterocycles. The highest BCUT2D eigenvalue weighted by atomic mass is 32.2. The molecule has 0 aromatic heterocycles. The lowest BCUT2D eigenvalue weighted by atomic mass is 10.0. The highest BCUT2D eigenvalue weighted by Crippen LogP contribution is 2.27. The van der Waals surface area contributed by atoms with Crippen LogP contribution < -0.4 is 14.2 Å². The normalized spacial score (nSPS) is 12.6. The van der Waals surface area contributed by atoms with Crippen molar-refractivity contribution in [2.75, 3.05) is 13.7 Å². The summed E-state index contributed by atoms with van der Waals surface area (Å²) < 4.78 is 32.1. The Balaban J connectivity index is 1.76. The fraction of sp³-hybridized carbons (Fsp3) is 0.240. The smallest absolute Gasteiger partial charge is 0.307 e. The van der Waals surface area contributed by atoms with Gasteiger partial charge >= 0.3 is 5.97 Å². The van der Waals surface area contributed by atoms with Gasteiger partial charge in [-0.3, -0.25) is 4.79 Å². The first-order chi connectivity index (χ1) is 15.5. The summed E-state index contributed by atoms with van der Waals surface area (Å²) in [5.41, 5.74) is 1.89. The van der Waals surface area contributed by atoms with Gasteiger partial charge in [-0.2, -0.15) is 0 Å². The molecule has 0 amide bonds. The van der Waals surface area contributed by atoms with Crippen molar-refractivity contribution in [1.82, 2.24) is 4.72 Å². The number of hydrogen-bond acceptors (Lipinski definition) is 5. The predicted octanol–water partition coefficient (Wildman–Crippen LogP) is 5.10. The minimum atomic E-state index is -1.49. The van der Waals surface area contributed by atoms with Crippen molar-refractivity contribution in [3.8, 4) is 17.2 Å². The number of carbonyl (C=O) groups excluding carboxylic acids is 1. The van der Waals surface area contributed by atoms with Crippen LogP contribution in [0.1, 0.15) is 30.5 Å². The maximum Gasteiger partial charge on any atom is 0.307 e. The second-order valence-electron chi connectivity index (χ2n) is 7.11.